The van der Waals surface area contributed by atoms with Crippen LogP contribution in [-0.4, -0.2) is 25.7 Å². The van der Waals surface area contributed by atoms with Crippen molar-refractivity contribution in [1.29, 1.82) is 0 Å². The first kappa shape index (κ1) is 10.8. The second-order valence-electron chi connectivity index (χ2n) is 4.22. The molecule has 15 heavy (non-hydrogen) atoms. The monoisotopic (exact) mass is 224 g/mol. The lowest BCUT2D eigenvalue weighted by Gasteiger charge is -2.42. The third kappa shape index (κ3) is 1.84. The second-order valence-corrected chi connectivity index (χ2v) is 4.22. The van der Waals surface area contributed by atoms with Crippen LogP contribution in [0, 0.1) is 0 Å². The normalized spacial score (nSPS) is 23.7. The van der Waals surface area contributed by atoms with E-state index in [4.69, 9.17) is 0 Å². The summed E-state index contributed by atoms with van der Waals surface area (Å²) in [6, 6.07) is 9.59. The van der Waals surface area contributed by atoms with E-state index in [1.807, 2.05) is 0 Å². The maximum absolute atomic E-state index is 3.47. The molecular formula is C12H17ClN2. The quantitative estimate of drug-likeness (QED) is 0.724. The average Bonchev–Trinajstić information content (AvgIpc) is 2.29. The molecule has 1 fully saturated rings. The molecule has 2 nitrogen and oxygen atoms in total. The fourth-order valence-electron chi connectivity index (χ4n) is 2.66. The maximum Gasteiger partial charge on any atom is 0.0418 e. The second kappa shape index (κ2) is 4.42. The van der Waals surface area contributed by atoms with E-state index in [-0.39, 0.29) is 12.4 Å². The van der Waals surface area contributed by atoms with Crippen LogP contribution in [0.15, 0.2) is 24.3 Å². The Balaban J connectivity index is 0.000000853. The number of rotatable bonds is 0. The van der Waals surface area contributed by atoms with Crippen LogP contribution >= 0.6 is 12.4 Å². The number of fused-ring (bicyclic) bond motifs is 3. The minimum Gasteiger partial charge on any atom is -0.366 e. The molecule has 1 saturated heterocycles. The summed E-state index contributed by atoms with van der Waals surface area (Å²) < 4.78 is 0. The van der Waals surface area contributed by atoms with E-state index < -0.39 is 0 Å². The van der Waals surface area contributed by atoms with E-state index in [0.29, 0.717) is 0 Å². The Morgan fingerprint density at radius 3 is 3.07 bits per heavy atom. The SMILES string of the molecule is Cl.c1ccc2c(c1)CCC1CNCCN21. The number of anilines is 1. The number of para-hydroxylation sites is 1. The molecule has 0 saturated carbocycles. The van der Waals surface area contributed by atoms with Crippen LogP contribution in [0.25, 0.3) is 0 Å². The molecule has 1 unspecified atom stereocenters. The van der Waals surface area contributed by atoms with Gasteiger partial charge in [-0.3, -0.25) is 0 Å². The van der Waals surface area contributed by atoms with Crippen LogP contribution in [0.5, 0.6) is 0 Å². The smallest absolute Gasteiger partial charge is 0.0418 e. The van der Waals surface area contributed by atoms with E-state index in [1.165, 1.54) is 30.6 Å². The number of halogens is 1. The lowest BCUT2D eigenvalue weighted by Crippen LogP contribution is -2.53. The third-order valence-corrected chi connectivity index (χ3v) is 3.40. The molecule has 0 bridgehead atoms. The summed E-state index contributed by atoms with van der Waals surface area (Å²) in [6.07, 6.45) is 2.56. The van der Waals surface area contributed by atoms with Crippen LogP contribution in [0.2, 0.25) is 0 Å². The molecule has 1 aromatic carbocycles. The number of nitrogens with one attached hydrogen (secondary N) is 1. The summed E-state index contributed by atoms with van der Waals surface area (Å²) >= 11 is 0. The van der Waals surface area contributed by atoms with Gasteiger partial charge in [-0.1, -0.05) is 18.2 Å². The lowest BCUT2D eigenvalue weighted by molar-refractivity contribution is 0.440. The Morgan fingerprint density at radius 2 is 2.13 bits per heavy atom. The van der Waals surface area contributed by atoms with Crippen molar-refractivity contribution in [2.45, 2.75) is 18.9 Å². The number of nitrogens with zero attached hydrogens (tertiary/aromatic N) is 1. The molecule has 1 atom stereocenters. The zero-order valence-electron chi connectivity index (χ0n) is 8.78. The van der Waals surface area contributed by atoms with Gasteiger partial charge in [-0.05, 0) is 24.5 Å². The molecule has 3 rings (SSSR count). The predicted molar refractivity (Wildman–Crippen MR) is 66.0 cm³/mol. The molecule has 0 amide bonds. The van der Waals surface area contributed by atoms with Crippen molar-refractivity contribution < 1.29 is 0 Å². The summed E-state index contributed by atoms with van der Waals surface area (Å²) in [7, 11) is 0. The first-order valence-corrected chi connectivity index (χ1v) is 5.50. The van der Waals surface area contributed by atoms with E-state index in [1.54, 1.807) is 0 Å². The summed E-state index contributed by atoms with van der Waals surface area (Å²) in [5, 5.41) is 3.47. The number of benzene rings is 1. The largest absolute Gasteiger partial charge is 0.366 e. The van der Waals surface area contributed by atoms with E-state index in [2.05, 4.69) is 34.5 Å². The van der Waals surface area contributed by atoms with Gasteiger partial charge >= 0.3 is 0 Å². The van der Waals surface area contributed by atoms with Crippen LogP contribution in [0.3, 0.4) is 0 Å². The fraction of sp³-hybridized carbons (Fsp3) is 0.500. The van der Waals surface area contributed by atoms with Crippen molar-refractivity contribution in [3.63, 3.8) is 0 Å². The Hall–Kier alpha value is -0.730. The van der Waals surface area contributed by atoms with Crippen molar-refractivity contribution in [3.05, 3.63) is 29.8 Å². The molecule has 0 radical (unpaired) electrons. The van der Waals surface area contributed by atoms with Gasteiger partial charge in [0.15, 0.2) is 0 Å². The van der Waals surface area contributed by atoms with Crippen molar-refractivity contribution in [1.82, 2.24) is 5.32 Å². The highest BCUT2D eigenvalue weighted by Gasteiger charge is 2.27. The average molecular weight is 225 g/mol. The molecule has 0 spiro atoms. The highest BCUT2D eigenvalue weighted by molar-refractivity contribution is 5.85. The highest BCUT2D eigenvalue weighted by Crippen LogP contribution is 2.30. The van der Waals surface area contributed by atoms with Gasteiger partial charge in [-0.2, -0.15) is 0 Å². The van der Waals surface area contributed by atoms with Crippen LogP contribution < -0.4 is 10.2 Å². The zero-order chi connectivity index (χ0) is 9.38. The molecule has 0 aliphatic carbocycles. The standard InChI is InChI=1S/C12H16N2.ClH/c1-2-4-12-10(3-1)5-6-11-9-13-7-8-14(11)12;/h1-4,11,13H,5-9H2;1H. The van der Waals surface area contributed by atoms with Gasteiger partial charge < -0.3 is 10.2 Å². The predicted octanol–water partition coefficient (Wildman–Crippen LogP) is 1.83. The van der Waals surface area contributed by atoms with Gasteiger partial charge in [0.05, 0.1) is 0 Å². The van der Waals surface area contributed by atoms with Crippen LogP contribution in [0.1, 0.15) is 12.0 Å². The van der Waals surface area contributed by atoms with E-state index in [9.17, 15) is 0 Å². The fourth-order valence-corrected chi connectivity index (χ4v) is 2.66. The molecule has 1 N–H and O–H groups in total. The molecule has 2 aliphatic rings. The van der Waals surface area contributed by atoms with Crippen molar-refractivity contribution in [2.24, 2.45) is 0 Å². The number of hydrogen-bond acceptors (Lipinski definition) is 2. The van der Waals surface area contributed by atoms with Crippen LogP contribution in [0.4, 0.5) is 5.69 Å². The lowest BCUT2D eigenvalue weighted by atomic mass is 9.94. The van der Waals surface area contributed by atoms with Gasteiger partial charge in [-0.15, -0.1) is 12.4 Å². The van der Waals surface area contributed by atoms with Gasteiger partial charge in [0.2, 0.25) is 0 Å². The molecule has 82 valence electrons. The zero-order valence-corrected chi connectivity index (χ0v) is 9.59. The number of hydrogen-bond donors (Lipinski definition) is 1. The summed E-state index contributed by atoms with van der Waals surface area (Å²) in [6.45, 7) is 3.46. The Labute approximate surface area is 97.1 Å². The van der Waals surface area contributed by atoms with Crippen molar-refractivity contribution in [2.75, 3.05) is 24.5 Å². The molecule has 1 aromatic rings. The Bertz CT molecular complexity index is 340. The molecule has 2 aliphatic heterocycles. The van der Waals surface area contributed by atoms with E-state index in [0.717, 1.165) is 19.1 Å². The minimum absolute atomic E-state index is 0. The summed E-state index contributed by atoms with van der Waals surface area (Å²) in [4.78, 5) is 2.58. The molecule has 2 heterocycles. The number of aryl methyl sites for hydroxylation is 1. The Morgan fingerprint density at radius 1 is 1.27 bits per heavy atom. The van der Waals surface area contributed by atoms with Gasteiger partial charge in [0.1, 0.15) is 0 Å². The molecule has 3 heteroatoms. The van der Waals surface area contributed by atoms with Crippen molar-refractivity contribution in [3.8, 4) is 0 Å². The molecule has 0 aromatic heterocycles. The van der Waals surface area contributed by atoms with Gasteiger partial charge in [0.25, 0.3) is 0 Å². The van der Waals surface area contributed by atoms with E-state index >= 15 is 0 Å². The highest BCUT2D eigenvalue weighted by atomic mass is 35.5. The van der Waals surface area contributed by atoms with Gasteiger partial charge in [0, 0.05) is 31.4 Å². The summed E-state index contributed by atoms with van der Waals surface area (Å²) in [5.41, 5.74) is 3.01. The van der Waals surface area contributed by atoms with Crippen LogP contribution in [-0.2, 0) is 6.42 Å². The van der Waals surface area contributed by atoms with Gasteiger partial charge in [-0.25, -0.2) is 0 Å². The third-order valence-electron chi connectivity index (χ3n) is 3.40. The maximum atomic E-state index is 3.47. The van der Waals surface area contributed by atoms with Crippen molar-refractivity contribution >= 4 is 18.1 Å². The summed E-state index contributed by atoms with van der Waals surface area (Å²) in [5.74, 6) is 0. The first-order valence-electron chi connectivity index (χ1n) is 5.50. The molecular weight excluding hydrogens is 208 g/mol. The number of piperazine rings is 1. The minimum atomic E-state index is 0. The Kier molecular flexibility index (Phi) is 3.17. The topological polar surface area (TPSA) is 15.3 Å². The first-order chi connectivity index (χ1) is 6.95.